The molecular weight excluding hydrogens is 467 g/mol. The monoisotopic (exact) mass is 490 g/mol. The number of benzene rings is 2. The van der Waals surface area contributed by atoms with Gasteiger partial charge in [0.1, 0.15) is 0 Å². The molecule has 6 heteroatoms. The van der Waals surface area contributed by atoms with E-state index in [1.54, 1.807) is 25.0 Å². The molecule has 0 radical (unpaired) electrons. The molecular formula is C21H23IN4S. The van der Waals surface area contributed by atoms with Crippen LogP contribution in [0.25, 0.3) is 0 Å². The summed E-state index contributed by atoms with van der Waals surface area (Å²) in [6.07, 6.45) is 1.79. The highest BCUT2D eigenvalue weighted by Gasteiger charge is 2.01. The van der Waals surface area contributed by atoms with Gasteiger partial charge in [0.25, 0.3) is 0 Å². The van der Waals surface area contributed by atoms with Crippen LogP contribution in [0.15, 0.2) is 93.8 Å². The second-order valence-corrected chi connectivity index (χ2v) is 6.81. The van der Waals surface area contributed by atoms with Gasteiger partial charge in [0.2, 0.25) is 0 Å². The van der Waals surface area contributed by atoms with Crippen molar-refractivity contribution in [3.8, 4) is 0 Å². The fourth-order valence-corrected chi connectivity index (χ4v) is 3.22. The molecule has 0 saturated carbocycles. The van der Waals surface area contributed by atoms with Crippen LogP contribution < -0.4 is 10.6 Å². The Balaban J connectivity index is 0.00000261. The first kappa shape index (κ1) is 21.2. The van der Waals surface area contributed by atoms with Crippen LogP contribution in [0.5, 0.6) is 0 Å². The average molecular weight is 490 g/mol. The van der Waals surface area contributed by atoms with E-state index in [0.29, 0.717) is 6.54 Å². The van der Waals surface area contributed by atoms with Crippen molar-refractivity contribution in [1.29, 1.82) is 0 Å². The predicted octanol–water partition coefficient (Wildman–Crippen LogP) is 4.72. The molecule has 3 rings (SSSR count). The van der Waals surface area contributed by atoms with Crippen molar-refractivity contribution in [2.45, 2.75) is 22.9 Å². The van der Waals surface area contributed by atoms with E-state index < -0.39 is 0 Å². The van der Waals surface area contributed by atoms with Gasteiger partial charge in [-0.05, 0) is 42.0 Å². The highest BCUT2D eigenvalue weighted by molar-refractivity contribution is 14.0. The van der Waals surface area contributed by atoms with Crippen LogP contribution in [0.3, 0.4) is 0 Å². The molecule has 0 amide bonds. The van der Waals surface area contributed by atoms with Gasteiger partial charge in [0, 0.05) is 29.6 Å². The Labute approximate surface area is 181 Å². The largest absolute Gasteiger partial charge is 0.352 e. The zero-order chi connectivity index (χ0) is 18.0. The normalized spacial score (nSPS) is 10.8. The van der Waals surface area contributed by atoms with Crippen LogP contribution in [0.2, 0.25) is 0 Å². The Hall–Kier alpha value is -2.06. The molecule has 1 aromatic heterocycles. The third kappa shape index (κ3) is 7.22. The summed E-state index contributed by atoms with van der Waals surface area (Å²) in [4.78, 5) is 11.0. The molecule has 2 aromatic carbocycles. The van der Waals surface area contributed by atoms with E-state index in [9.17, 15) is 0 Å². The summed E-state index contributed by atoms with van der Waals surface area (Å²) in [6, 6.07) is 24.9. The number of nitrogens with one attached hydrogen (secondary N) is 2. The van der Waals surface area contributed by atoms with E-state index in [4.69, 9.17) is 0 Å². The smallest absolute Gasteiger partial charge is 0.191 e. The number of pyridine rings is 1. The summed E-state index contributed by atoms with van der Waals surface area (Å²) in [5.74, 6) is 0.762. The molecule has 0 fully saturated rings. The number of halogens is 1. The lowest BCUT2D eigenvalue weighted by Crippen LogP contribution is -2.36. The van der Waals surface area contributed by atoms with Crippen LogP contribution >= 0.6 is 35.7 Å². The zero-order valence-electron chi connectivity index (χ0n) is 15.1. The topological polar surface area (TPSA) is 49.3 Å². The second-order valence-electron chi connectivity index (χ2n) is 5.66. The molecule has 1 heterocycles. The Kier molecular flexibility index (Phi) is 9.13. The third-order valence-corrected chi connectivity index (χ3v) is 4.76. The van der Waals surface area contributed by atoms with Gasteiger partial charge in [-0.15, -0.1) is 24.0 Å². The minimum atomic E-state index is 0. The molecule has 27 heavy (non-hydrogen) atoms. The number of rotatable bonds is 6. The molecule has 0 aliphatic carbocycles. The summed E-state index contributed by atoms with van der Waals surface area (Å²) in [5.41, 5.74) is 2.20. The maximum Gasteiger partial charge on any atom is 0.191 e. The number of guanidine groups is 1. The van der Waals surface area contributed by atoms with Crippen molar-refractivity contribution in [2.75, 3.05) is 7.05 Å². The lowest BCUT2D eigenvalue weighted by molar-refractivity contribution is 0.794. The highest BCUT2D eigenvalue weighted by Crippen LogP contribution is 2.27. The molecule has 0 atom stereocenters. The van der Waals surface area contributed by atoms with Gasteiger partial charge in [0.15, 0.2) is 5.96 Å². The van der Waals surface area contributed by atoms with Gasteiger partial charge < -0.3 is 10.6 Å². The quantitative estimate of drug-likeness (QED) is 0.299. The first-order valence-electron chi connectivity index (χ1n) is 8.50. The van der Waals surface area contributed by atoms with Crippen LogP contribution in [0, 0.1) is 0 Å². The minimum Gasteiger partial charge on any atom is -0.352 e. The van der Waals surface area contributed by atoms with Gasteiger partial charge in [-0.2, -0.15) is 0 Å². The van der Waals surface area contributed by atoms with Gasteiger partial charge in [-0.1, -0.05) is 48.2 Å². The number of aliphatic imine (C=N–C) groups is 1. The molecule has 0 unspecified atom stereocenters. The maximum absolute atomic E-state index is 4.30. The van der Waals surface area contributed by atoms with Gasteiger partial charge in [0.05, 0.1) is 12.2 Å². The fraction of sp³-hybridized carbons (Fsp3) is 0.143. The van der Waals surface area contributed by atoms with E-state index in [1.165, 1.54) is 15.4 Å². The van der Waals surface area contributed by atoms with Gasteiger partial charge in [-0.3, -0.25) is 9.98 Å². The SMILES string of the molecule is CN=C(NCc1ccc(Sc2ccccc2)cc1)NCc1ccccn1.I. The standard InChI is InChI=1S/C21H22N4S.HI/c1-22-21(25-16-18-7-5-6-14-23-18)24-15-17-10-12-20(13-11-17)26-19-8-3-2-4-9-19;/h2-14H,15-16H2,1H3,(H2,22,24,25);1H. The van der Waals surface area contributed by atoms with E-state index in [1.807, 2.05) is 24.3 Å². The number of aromatic nitrogens is 1. The van der Waals surface area contributed by atoms with E-state index in [0.717, 1.165) is 18.2 Å². The maximum atomic E-state index is 4.30. The van der Waals surface area contributed by atoms with Crippen molar-refractivity contribution in [3.05, 3.63) is 90.3 Å². The Morgan fingerprint density at radius 1 is 0.852 bits per heavy atom. The second kappa shape index (κ2) is 11.6. The van der Waals surface area contributed by atoms with Crippen molar-refractivity contribution in [1.82, 2.24) is 15.6 Å². The molecule has 4 nitrogen and oxygen atoms in total. The lowest BCUT2D eigenvalue weighted by Gasteiger charge is -2.12. The van der Waals surface area contributed by atoms with Crippen molar-refractivity contribution in [2.24, 2.45) is 4.99 Å². The van der Waals surface area contributed by atoms with Crippen molar-refractivity contribution >= 4 is 41.7 Å². The molecule has 0 aliphatic heterocycles. The number of hydrogen-bond acceptors (Lipinski definition) is 3. The van der Waals surface area contributed by atoms with Crippen LogP contribution in [0.1, 0.15) is 11.3 Å². The summed E-state index contributed by atoms with van der Waals surface area (Å²) < 4.78 is 0. The first-order chi connectivity index (χ1) is 12.8. The summed E-state index contributed by atoms with van der Waals surface area (Å²) in [6.45, 7) is 1.37. The van der Waals surface area contributed by atoms with Crippen molar-refractivity contribution in [3.63, 3.8) is 0 Å². The molecule has 0 aliphatic rings. The molecule has 3 aromatic rings. The summed E-state index contributed by atoms with van der Waals surface area (Å²) in [5, 5.41) is 6.60. The van der Waals surface area contributed by atoms with Crippen LogP contribution in [-0.4, -0.2) is 18.0 Å². The molecule has 140 valence electrons. The molecule has 0 spiro atoms. The fourth-order valence-electron chi connectivity index (χ4n) is 2.38. The molecule has 0 saturated heterocycles. The number of nitrogens with zero attached hydrogens (tertiary/aromatic N) is 2. The van der Waals surface area contributed by atoms with Gasteiger partial charge in [-0.25, -0.2) is 0 Å². The predicted molar refractivity (Wildman–Crippen MR) is 124 cm³/mol. The van der Waals surface area contributed by atoms with E-state index in [2.05, 4.69) is 69.1 Å². The Morgan fingerprint density at radius 2 is 1.52 bits per heavy atom. The van der Waals surface area contributed by atoms with Crippen LogP contribution in [0.4, 0.5) is 0 Å². The van der Waals surface area contributed by atoms with Crippen molar-refractivity contribution < 1.29 is 0 Å². The van der Waals surface area contributed by atoms with Crippen LogP contribution in [-0.2, 0) is 13.1 Å². The lowest BCUT2D eigenvalue weighted by atomic mass is 10.2. The van der Waals surface area contributed by atoms with E-state index >= 15 is 0 Å². The highest BCUT2D eigenvalue weighted by atomic mass is 127. The number of hydrogen-bond donors (Lipinski definition) is 2. The average Bonchev–Trinajstić information content (AvgIpc) is 2.71. The molecule has 2 N–H and O–H groups in total. The van der Waals surface area contributed by atoms with E-state index in [-0.39, 0.29) is 24.0 Å². The molecule has 0 bridgehead atoms. The van der Waals surface area contributed by atoms with Gasteiger partial charge >= 0.3 is 0 Å². The third-order valence-electron chi connectivity index (χ3n) is 3.75. The first-order valence-corrected chi connectivity index (χ1v) is 9.31. The Bertz CT molecular complexity index is 824. The Morgan fingerprint density at radius 3 is 2.19 bits per heavy atom. The summed E-state index contributed by atoms with van der Waals surface area (Å²) in [7, 11) is 1.77. The minimum absolute atomic E-state index is 0. The summed E-state index contributed by atoms with van der Waals surface area (Å²) >= 11 is 1.77. The zero-order valence-corrected chi connectivity index (χ0v) is 18.3.